The fraction of sp³-hybridized carbons (Fsp3) is 0.310. The monoisotopic (exact) mass is 715 g/mol. The SMILES string of the molecule is CC(C)CNC(=O)C(Cc1ccccc1)N(Cc1c(Cl)cccc1Cl)C(=O)CN(c1ccc(I)cc1)S(C)(=O)=O. The number of nitrogens with one attached hydrogen (secondary N) is 1. The Morgan fingerprint density at radius 2 is 1.52 bits per heavy atom. The predicted molar refractivity (Wildman–Crippen MR) is 170 cm³/mol. The van der Waals surface area contributed by atoms with Crippen molar-refractivity contribution >= 4 is 73.3 Å². The van der Waals surface area contributed by atoms with Crippen molar-refractivity contribution in [2.45, 2.75) is 32.9 Å². The largest absolute Gasteiger partial charge is 0.354 e. The first-order valence-corrected chi connectivity index (χ1v) is 16.3. The standard InChI is InChI=1S/C29H32Cl2IN3O4S/c1-20(2)17-33-29(37)27(16-21-8-5-4-6-9-21)34(18-24-25(30)10-7-11-26(24)31)28(36)19-35(40(3,38)39)23-14-12-22(32)13-15-23/h4-15,20,27H,16-19H2,1-3H3,(H,33,37). The molecule has 0 saturated carbocycles. The number of hydrogen-bond acceptors (Lipinski definition) is 4. The van der Waals surface area contributed by atoms with E-state index in [4.69, 9.17) is 23.2 Å². The molecule has 0 fully saturated rings. The number of sulfonamides is 1. The number of anilines is 1. The van der Waals surface area contributed by atoms with Gasteiger partial charge >= 0.3 is 0 Å². The molecule has 1 atom stereocenters. The highest BCUT2D eigenvalue weighted by molar-refractivity contribution is 14.1. The summed E-state index contributed by atoms with van der Waals surface area (Å²) in [5.74, 6) is -0.736. The Balaban J connectivity index is 2.08. The lowest BCUT2D eigenvalue weighted by Crippen LogP contribution is -2.53. The maximum absolute atomic E-state index is 14.1. The molecule has 1 unspecified atom stereocenters. The molecule has 0 saturated heterocycles. The number of rotatable bonds is 12. The van der Waals surface area contributed by atoms with Gasteiger partial charge in [0.15, 0.2) is 0 Å². The molecular formula is C29H32Cl2IN3O4S. The fourth-order valence-corrected chi connectivity index (χ4v) is 5.78. The second-order valence-electron chi connectivity index (χ2n) is 9.81. The van der Waals surface area contributed by atoms with Crippen LogP contribution in [0.1, 0.15) is 25.0 Å². The van der Waals surface area contributed by atoms with Gasteiger partial charge in [0.05, 0.1) is 11.9 Å². The maximum atomic E-state index is 14.1. The molecule has 40 heavy (non-hydrogen) atoms. The molecule has 0 heterocycles. The Labute approximate surface area is 260 Å². The molecule has 0 spiro atoms. The van der Waals surface area contributed by atoms with Gasteiger partial charge in [-0.15, -0.1) is 0 Å². The summed E-state index contributed by atoms with van der Waals surface area (Å²) in [6, 6.07) is 20.2. The number of hydrogen-bond donors (Lipinski definition) is 1. The second-order valence-corrected chi connectivity index (χ2v) is 13.8. The van der Waals surface area contributed by atoms with Crippen LogP contribution >= 0.6 is 45.8 Å². The van der Waals surface area contributed by atoms with Crippen LogP contribution in [0.15, 0.2) is 72.8 Å². The van der Waals surface area contributed by atoms with Crippen LogP contribution in [0.4, 0.5) is 5.69 Å². The van der Waals surface area contributed by atoms with E-state index in [1.165, 1.54) is 4.90 Å². The van der Waals surface area contributed by atoms with E-state index in [0.717, 1.165) is 19.7 Å². The molecule has 3 rings (SSSR count). The van der Waals surface area contributed by atoms with E-state index in [9.17, 15) is 18.0 Å². The lowest BCUT2D eigenvalue weighted by atomic mass is 10.0. The molecule has 0 aliphatic heterocycles. The van der Waals surface area contributed by atoms with Gasteiger partial charge in [0.2, 0.25) is 21.8 Å². The fourth-order valence-electron chi connectivity index (χ4n) is 4.05. The second kappa shape index (κ2) is 14.5. The van der Waals surface area contributed by atoms with E-state index in [-0.39, 0.29) is 24.8 Å². The maximum Gasteiger partial charge on any atom is 0.244 e. The number of carbonyl (C=O) groups is 2. The highest BCUT2D eigenvalue weighted by Gasteiger charge is 2.33. The van der Waals surface area contributed by atoms with E-state index in [0.29, 0.717) is 27.8 Å². The molecule has 0 aliphatic rings. The number of carbonyl (C=O) groups excluding carboxylic acids is 2. The van der Waals surface area contributed by atoms with Crippen molar-refractivity contribution in [3.63, 3.8) is 0 Å². The molecule has 214 valence electrons. The van der Waals surface area contributed by atoms with Crippen LogP contribution in [0.2, 0.25) is 10.0 Å². The van der Waals surface area contributed by atoms with Crippen LogP contribution in [-0.2, 0) is 32.6 Å². The van der Waals surface area contributed by atoms with Gasteiger partial charge in [0.1, 0.15) is 12.6 Å². The molecule has 3 aromatic rings. The highest BCUT2D eigenvalue weighted by Crippen LogP contribution is 2.28. The third-order valence-corrected chi connectivity index (χ3v) is 8.71. The van der Waals surface area contributed by atoms with Crippen molar-refractivity contribution in [1.82, 2.24) is 10.2 Å². The predicted octanol–water partition coefficient (Wildman–Crippen LogP) is 5.78. The molecule has 0 aliphatic carbocycles. The van der Waals surface area contributed by atoms with Crippen LogP contribution in [0, 0.1) is 9.49 Å². The zero-order valence-corrected chi connectivity index (χ0v) is 27.0. The van der Waals surface area contributed by atoms with Gasteiger partial charge in [-0.25, -0.2) is 8.42 Å². The average Bonchev–Trinajstić information content (AvgIpc) is 2.89. The first kappa shape index (κ1) is 32.2. The molecule has 0 aromatic heterocycles. The van der Waals surface area contributed by atoms with Crippen molar-refractivity contribution in [2.75, 3.05) is 23.7 Å². The lowest BCUT2D eigenvalue weighted by molar-refractivity contribution is -0.140. The molecule has 7 nitrogen and oxygen atoms in total. The van der Waals surface area contributed by atoms with Crippen LogP contribution in [0.5, 0.6) is 0 Å². The van der Waals surface area contributed by atoms with Crippen molar-refractivity contribution in [3.05, 3.63) is 97.5 Å². The summed E-state index contributed by atoms with van der Waals surface area (Å²) in [6.07, 6.45) is 1.26. The Bertz CT molecular complexity index is 1400. The average molecular weight is 716 g/mol. The zero-order valence-electron chi connectivity index (χ0n) is 22.5. The Kier molecular flexibility index (Phi) is 11.7. The van der Waals surface area contributed by atoms with Gasteiger partial charge in [0.25, 0.3) is 0 Å². The normalized spacial score (nSPS) is 12.2. The van der Waals surface area contributed by atoms with Gasteiger partial charge in [-0.1, -0.05) is 73.4 Å². The first-order chi connectivity index (χ1) is 18.9. The quantitative estimate of drug-likeness (QED) is 0.241. The lowest BCUT2D eigenvalue weighted by Gasteiger charge is -2.34. The summed E-state index contributed by atoms with van der Waals surface area (Å²) in [6.45, 7) is 3.77. The van der Waals surface area contributed by atoms with Crippen LogP contribution in [0.3, 0.4) is 0 Å². The van der Waals surface area contributed by atoms with Crippen molar-refractivity contribution in [3.8, 4) is 0 Å². The molecule has 0 bridgehead atoms. The van der Waals surface area contributed by atoms with E-state index in [1.807, 2.05) is 44.2 Å². The van der Waals surface area contributed by atoms with Crippen molar-refractivity contribution in [2.24, 2.45) is 5.92 Å². The van der Waals surface area contributed by atoms with E-state index < -0.39 is 28.5 Å². The Morgan fingerprint density at radius 1 is 0.925 bits per heavy atom. The number of amides is 2. The molecule has 2 amide bonds. The Morgan fingerprint density at radius 3 is 2.08 bits per heavy atom. The van der Waals surface area contributed by atoms with Gasteiger partial charge in [-0.2, -0.15) is 0 Å². The summed E-state index contributed by atoms with van der Waals surface area (Å²) < 4.78 is 27.6. The minimum Gasteiger partial charge on any atom is -0.354 e. The minimum atomic E-state index is -3.84. The molecule has 3 aromatic carbocycles. The molecule has 1 N–H and O–H groups in total. The van der Waals surface area contributed by atoms with Crippen LogP contribution in [0.25, 0.3) is 0 Å². The van der Waals surface area contributed by atoms with Crippen LogP contribution in [-0.4, -0.2) is 50.5 Å². The summed E-state index contributed by atoms with van der Waals surface area (Å²) in [5, 5.41) is 3.62. The number of halogens is 3. The molecule has 0 radical (unpaired) electrons. The third kappa shape index (κ3) is 9.09. The van der Waals surface area contributed by atoms with Gasteiger partial charge in [0, 0.05) is 38.7 Å². The summed E-state index contributed by atoms with van der Waals surface area (Å²) in [7, 11) is -3.84. The molecule has 11 heteroatoms. The number of benzene rings is 3. The number of nitrogens with zero attached hydrogens (tertiary/aromatic N) is 2. The van der Waals surface area contributed by atoms with Crippen molar-refractivity contribution < 1.29 is 18.0 Å². The first-order valence-electron chi connectivity index (χ1n) is 12.6. The summed E-state index contributed by atoms with van der Waals surface area (Å²) >= 11 is 15.1. The topological polar surface area (TPSA) is 86.8 Å². The summed E-state index contributed by atoms with van der Waals surface area (Å²) in [5.41, 5.74) is 1.65. The minimum absolute atomic E-state index is 0.0891. The summed E-state index contributed by atoms with van der Waals surface area (Å²) in [4.78, 5) is 29.1. The van der Waals surface area contributed by atoms with E-state index in [2.05, 4.69) is 27.9 Å². The van der Waals surface area contributed by atoms with Crippen molar-refractivity contribution in [1.29, 1.82) is 0 Å². The van der Waals surface area contributed by atoms with E-state index in [1.54, 1.807) is 42.5 Å². The van der Waals surface area contributed by atoms with Gasteiger partial charge < -0.3 is 10.2 Å². The Hall–Kier alpha value is -2.34. The molecular weight excluding hydrogens is 684 g/mol. The van der Waals surface area contributed by atoms with Crippen LogP contribution < -0.4 is 9.62 Å². The van der Waals surface area contributed by atoms with Gasteiger partial charge in [-0.05, 0) is 70.5 Å². The zero-order chi connectivity index (χ0) is 29.4. The van der Waals surface area contributed by atoms with Gasteiger partial charge in [-0.3, -0.25) is 13.9 Å². The smallest absolute Gasteiger partial charge is 0.244 e. The third-order valence-electron chi connectivity index (χ3n) is 6.14. The highest BCUT2D eigenvalue weighted by atomic mass is 127. The van der Waals surface area contributed by atoms with E-state index >= 15 is 0 Å².